The third-order valence-electron chi connectivity index (χ3n) is 4.61. The van der Waals surface area contributed by atoms with Gasteiger partial charge in [0, 0.05) is 12.5 Å². The third-order valence-corrected chi connectivity index (χ3v) is 4.61. The van der Waals surface area contributed by atoms with E-state index in [2.05, 4.69) is 0 Å². The molecule has 9 heteroatoms. The van der Waals surface area contributed by atoms with Crippen molar-refractivity contribution in [2.45, 2.75) is 54.7 Å². The summed E-state index contributed by atoms with van der Waals surface area (Å²) in [5.41, 5.74) is -2.21. The molecule has 1 aliphatic heterocycles. The lowest BCUT2D eigenvalue weighted by atomic mass is 9.69. The van der Waals surface area contributed by atoms with E-state index in [0.717, 1.165) is 0 Å². The Balaban J connectivity index is 2.24. The Labute approximate surface area is 127 Å². The zero-order valence-corrected chi connectivity index (χ0v) is 11.8. The Morgan fingerprint density at radius 1 is 0.909 bits per heavy atom. The number of ether oxygens (including phenoxy) is 1. The highest BCUT2D eigenvalue weighted by atomic mass is 16.6. The highest BCUT2D eigenvalue weighted by molar-refractivity contribution is 5.15. The van der Waals surface area contributed by atoms with Crippen molar-refractivity contribution in [2.24, 2.45) is 5.92 Å². The monoisotopic (exact) mass is 323 g/mol. The lowest BCUT2D eigenvalue weighted by Crippen LogP contribution is -2.71. The number of hydrogen-bond donors (Lipinski definition) is 8. The van der Waals surface area contributed by atoms with E-state index in [9.17, 15) is 30.6 Å². The Bertz CT molecular complexity index is 379. The predicted octanol–water partition coefficient (Wildman–Crippen LogP) is -4.50. The lowest BCUT2D eigenvalue weighted by molar-refractivity contribution is -0.290. The van der Waals surface area contributed by atoms with Gasteiger partial charge in [-0.2, -0.15) is 0 Å². The summed E-state index contributed by atoms with van der Waals surface area (Å²) in [5.74, 6) is -0.680. The molecular formula is C13H23O9. The Morgan fingerprint density at radius 2 is 1.55 bits per heavy atom. The molecule has 0 spiro atoms. The van der Waals surface area contributed by atoms with Gasteiger partial charge in [-0.1, -0.05) is 0 Å². The minimum absolute atomic E-state index is 0.0419. The van der Waals surface area contributed by atoms with Crippen molar-refractivity contribution in [3.8, 4) is 0 Å². The van der Waals surface area contributed by atoms with E-state index in [4.69, 9.17) is 14.9 Å². The van der Waals surface area contributed by atoms with E-state index < -0.39 is 67.5 Å². The molecule has 1 heterocycles. The largest absolute Gasteiger partial charge is 0.396 e. The van der Waals surface area contributed by atoms with Crippen molar-refractivity contribution in [1.82, 2.24) is 0 Å². The maximum Gasteiger partial charge on any atom is 0.125 e. The molecule has 0 aromatic heterocycles. The Morgan fingerprint density at radius 3 is 2.09 bits per heavy atom. The quantitative estimate of drug-likeness (QED) is 0.255. The van der Waals surface area contributed by atoms with Gasteiger partial charge in [-0.15, -0.1) is 0 Å². The molecular weight excluding hydrogens is 300 g/mol. The maximum atomic E-state index is 10.6. The molecule has 0 bridgehead atoms. The average molecular weight is 323 g/mol. The van der Waals surface area contributed by atoms with Crippen LogP contribution in [0.1, 0.15) is 6.42 Å². The molecule has 9 nitrogen and oxygen atoms in total. The van der Waals surface area contributed by atoms with Crippen molar-refractivity contribution in [3.63, 3.8) is 0 Å². The first kappa shape index (κ1) is 18.0. The molecule has 1 aliphatic carbocycles. The molecule has 1 saturated heterocycles. The van der Waals surface area contributed by atoms with Crippen molar-refractivity contribution < 1.29 is 45.6 Å². The van der Waals surface area contributed by atoms with Gasteiger partial charge >= 0.3 is 0 Å². The molecule has 2 aliphatic rings. The number of hydrogen-bond acceptors (Lipinski definition) is 9. The topological polar surface area (TPSA) is 171 Å². The summed E-state index contributed by atoms with van der Waals surface area (Å²) in [6, 6.07) is 0. The van der Waals surface area contributed by atoms with Gasteiger partial charge in [-0.05, 0) is 12.8 Å². The van der Waals surface area contributed by atoms with Crippen LogP contribution in [-0.2, 0) is 4.74 Å². The molecule has 22 heavy (non-hydrogen) atoms. The summed E-state index contributed by atoms with van der Waals surface area (Å²) in [4.78, 5) is 0. The fourth-order valence-electron chi connectivity index (χ4n) is 3.08. The van der Waals surface area contributed by atoms with Gasteiger partial charge in [0.25, 0.3) is 0 Å². The molecule has 0 amide bonds. The molecule has 1 saturated carbocycles. The molecule has 8 N–H and O–H groups in total. The van der Waals surface area contributed by atoms with Gasteiger partial charge in [-0.25, -0.2) is 0 Å². The van der Waals surface area contributed by atoms with Crippen molar-refractivity contribution in [1.29, 1.82) is 0 Å². The molecule has 4 unspecified atom stereocenters. The molecule has 1 radical (unpaired) electrons. The highest BCUT2D eigenvalue weighted by Crippen LogP contribution is 2.39. The van der Waals surface area contributed by atoms with E-state index in [1.807, 2.05) is 0 Å². The van der Waals surface area contributed by atoms with Crippen LogP contribution in [0.5, 0.6) is 0 Å². The van der Waals surface area contributed by atoms with Crippen LogP contribution in [0.15, 0.2) is 0 Å². The van der Waals surface area contributed by atoms with Crippen molar-refractivity contribution in [3.05, 3.63) is 6.42 Å². The molecule has 0 aromatic rings. The summed E-state index contributed by atoms with van der Waals surface area (Å²) in [6.45, 7) is -1.07. The second-order valence-electron chi connectivity index (χ2n) is 5.95. The fraction of sp³-hybridized carbons (Fsp3) is 0.923. The van der Waals surface area contributed by atoms with Crippen LogP contribution in [0, 0.1) is 12.3 Å². The summed E-state index contributed by atoms with van der Waals surface area (Å²) in [6.07, 6.45) is -9.84. The maximum absolute atomic E-state index is 10.6. The van der Waals surface area contributed by atoms with Crippen molar-refractivity contribution >= 4 is 0 Å². The van der Waals surface area contributed by atoms with Gasteiger partial charge in [0.2, 0.25) is 0 Å². The van der Waals surface area contributed by atoms with E-state index in [1.54, 1.807) is 0 Å². The number of aliphatic hydroxyl groups excluding tert-OH is 7. The number of aliphatic hydroxyl groups is 8. The van der Waals surface area contributed by atoms with Gasteiger partial charge in [-0.3, -0.25) is 0 Å². The first-order valence-corrected chi connectivity index (χ1v) is 7.12. The molecule has 129 valence electrons. The van der Waals surface area contributed by atoms with Gasteiger partial charge in [0.05, 0.1) is 12.7 Å². The molecule has 2 fully saturated rings. The van der Waals surface area contributed by atoms with Gasteiger partial charge in [0.1, 0.15) is 42.2 Å². The van der Waals surface area contributed by atoms with E-state index in [1.165, 1.54) is 6.42 Å². The van der Waals surface area contributed by atoms with E-state index >= 15 is 0 Å². The zero-order valence-electron chi connectivity index (χ0n) is 11.8. The van der Waals surface area contributed by atoms with E-state index in [0.29, 0.717) is 0 Å². The minimum Gasteiger partial charge on any atom is -0.396 e. The predicted molar refractivity (Wildman–Crippen MR) is 70.2 cm³/mol. The zero-order chi connectivity index (χ0) is 16.7. The lowest BCUT2D eigenvalue weighted by Gasteiger charge is -2.51. The van der Waals surface area contributed by atoms with Crippen LogP contribution >= 0.6 is 0 Å². The van der Waals surface area contributed by atoms with Crippen LogP contribution in [0.25, 0.3) is 0 Å². The summed E-state index contributed by atoms with van der Waals surface area (Å²) >= 11 is 0. The first-order chi connectivity index (χ1) is 10.3. The van der Waals surface area contributed by atoms with Crippen LogP contribution < -0.4 is 0 Å². The molecule has 2 rings (SSSR count). The van der Waals surface area contributed by atoms with E-state index in [-0.39, 0.29) is 6.42 Å². The van der Waals surface area contributed by atoms with Gasteiger partial charge in [0.15, 0.2) is 0 Å². The Hall–Kier alpha value is -0.360. The fourth-order valence-corrected chi connectivity index (χ4v) is 3.08. The standard InChI is InChI=1S/C13H23O9/c14-3-5-1-2-13(21,11(20)7(5)16)12-10(19)9(18)8(17)6(4-15)22-12/h2,5-12,14-21H,1,3-4H2/t5?,6-,7?,8-,9+,10-,11?,12+,13?/m1/s1. The first-order valence-electron chi connectivity index (χ1n) is 7.12. The molecule has 9 atom stereocenters. The normalized spacial score (nSPS) is 53.5. The van der Waals surface area contributed by atoms with Crippen LogP contribution in [0.4, 0.5) is 0 Å². The smallest absolute Gasteiger partial charge is 0.125 e. The average Bonchev–Trinajstić information content (AvgIpc) is 2.51. The Kier molecular flexibility index (Phi) is 5.42. The van der Waals surface area contributed by atoms with Crippen LogP contribution in [-0.4, -0.2) is 102 Å². The van der Waals surface area contributed by atoms with Crippen LogP contribution in [0.3, 0.4) is 0 Å². The van der Waals surface area contributed by atoms with Crippen LogP contribution in [0.2, 0.25) is 0 Å². The van der Waals surface area contributed by atoms with Gasteiger partial charge < -0.3 is 45.6 Å². The SMILES string of the molecule is OCC1C[CH]C(O)([C@H]2O[C@H](CO)[C@@H](O)[C@H](O)[C@H]2O)C(O)C1O. The molecule has 0 aromatic carbocycles. The number of rotatable bonds is 3. The van der Waals surface area contributed by atoms with Crippen molar-refractivity contribution in [2.75, 3.05) is 13.2 Å². The highest BCUT2D eigenvalue weighted by Gasteiger charge is 2.58. The summed E-state index contributed by atoms with van der Waals surface area (Å²) < 4.78 is 5.24. The second-order valence-corrected chi connectivity index (χ2v) is 5.95. The summed E-state index contributed by atoms with van der Waals surface area (Å²) in [7, 11) is 0. The third kappa shape index (κ3) is 2.77. The second kappa shape index (κ2) is 6.63. The summed E-state index contributed by atoms with van der Waals surface area (Å²) in [5, 5.41) is 78.5. The minimum atomic E-state index is -2.21.